The lowest BCUT2D eigenvalue weighted by Gasteiger charge is -2.40. The summed E-state index contributed by atoms with van der Waals surface area (Å²) in [7, 11) is 1.87. The van der Waals surface area contributed by atoms with Crippen molar-refractivity contribution in [3.05, 3.63) is 30.6 Å². The number of benzene rings is 1. The molecule has 5 rings (SSSR count). The van der Waals surface area contributed by atoms with Crippen molar-refractivity contribution in [3.8, 4) is 16.9 Å². The van der Waals surface area contributed by atoms with Crippen LogP contribution < -0.4 is 10.1 Å². The molecule has 2 amide bonds. The minimum atomic E-state index is -0.0629. The lowest BCUT2D eigenvalue weighted by atomic mass is 10.1. The molecule has 1 atom stereocenters. The van der Waals surface area contributed by atoms with Gasteiger partial charge in [0.15, 0.2) is 0 Å². The maximum Gasteiger partial charge on any atom is 0.238 e. The number of nitrogens with zero attached hydrogens (tertiary/aromatic N) is 4. The number of fused-ring (bicyclic) bond motifs is 2. The summed E-state index contributed by atoms with van der Waals surface area (Å²) in [4.78, 5) is 29.2. The van der Waals surface area contributed by atoms with Gasteiger partial charge in [0.25, 0.3) is 0 Å². The maximum absolute atomic E-state index is 12.7. The van der Waals surface area contributed by atoms with Gasteiger partial charge in [0.1, 0.15) is 12.4 Å². The van der Waals surface area contributed by atoms with Crippen LogP contribution in [0.1, 0.15) is 12.8 Å². The van der Waals surface area contributed by atoms with Crippen LogP contribution in [0.3, 0.4) is 0 Å². The number of ether oxygens (including phenoxy) is 1. The van der Waals surface area contributed by atoms with Crippen molar-refractivity contribution in [2.45, 2.75) is 18.9 Å². The predicted octanol–water partition coefficient (Wildman–Crippen LogP) is 1.34. The second-order valence-electron chi connectivity index (χ2n) is 8.16. The fraction of sp³-hybridized carbons (Fsp3) is 0.476. The van der Waals surface area contributed by atoms with E-state index in [1.165, 1.54) is 0 Å². The molecule has 152 valence electrons. The zero-order chi connectivity index (χ0) is 20.0. The number of rotatable bonds is 2. The molecular formula is C21H25N5O3. The van der Waals surface area contributed by atoms with Crippen LogP contribution >= 0.6 is 0 Å². The van der Waals surface area contributed by atoms with Crippen LogP contribution in [0, 0.1) is 5.92 Å². The lowest BCUT2D eigenvalue weighted by molar-refractivity contribution is -0.136. The highest BCUT2D eigenvalue weighted by atomic mass is 16.5. The van der Waals surface area contributed by atoms with E-state index < -0.39 is 0 Å². The fourth-order valence-electron chi connectivity index (χ4n) is 4.11. The number of piperazine rings is 1. The van der Waals surface area contributed by atoms with Gasteiger partial charge in [-0.3, -0.25) is 19.2 Å². The molecule has 0 spiro atoms. The molecule has 1 aliphatic carbocycles. The number of aromatic nitrogens is 2. The largest absolute Gasteiger partial charge is 0.490 e. The molecule has 1 aromatic heterocycles. The van der Waals surface area contributed by atoms with Gasteiger partial charge in [-0.05, 0) is 30.5 Å². The minimum absolute atomic E-state index is 0.0150. The third-order valence-electron chi connectivity index (χ3n) is 5.91. The van der Waals surface area contributed by atoms with E-state index in [1.807, 2.05) is 36.3 Å². The Morgan fingerprint density at radius 1 is 1.24 bits per heavy atom. The summed E-state index contributed by atoms with van der Waals surface area (Å²) < 4.78 is 7.86. The number of carbonyl (C=O) groups is 2. The second-order valence-corrected chi connectivity index (χ2v) is 8.16. The van der Waals surface area contributed by atoms with E-state index in [4.69, 9.17) is 4.74 Å². The number of hydrogen-bond acceptors (Lipinski definition) is 5. The summed E-state index contributed by atoms with van der Waals surface area (Å²) in [6.07, 6.45) is 5.75. The molecule has 1 saturated carbocycles. The average molecular weight is 395 g/mol. The molecule has 3 aliphatic rings. The smallest absolute Gasteiger partial charge is 0.238 e. The Morgan fingerprint density at radius 2 is 2.10 bits per heavy atom. The first-order valence-electron chi connectivity index (χ1n) is 10.2. The number of anilines is 1. The molecule has 1 saturated heterocycles. The Hall–Kier alpha value is -2.87. The normalized spacial score (nSPS) is 22.4. The molecule has 29 heavy (non-hydrogen) atoms. The first-order valence-corrected chi connectivity index (χ1v) is 10.2. The van der Waals surface area contributed by atoms with Gasteiger partial charge in [-0.2, -0.15) is 5.10 Å². The summed E-state index contributed by atoms with van der Waals surface area (Å²) in [6, 6.07) is 5.81. The molecule has 2 aromatic rings. The molecule has 0 unspecified atom stereocenters. The maximum atomic E-state index is 12.7. The van der Waals surface area contributed by atoms with Crippen molar-refractivity contribution in [3.63, 3.8) is 0 Å². The van der Waals surface area contributed by atoms with E-state index in [0.717, 1.165) is 24.0 Å². The van der Waals surface area contributed by atoms with E-state index in [-0.39, 0.29) is 23.8 Å². The van der Waals surface area contributed by atoms with Crippen LogP contribution in [0.25, 0.3) is 11.1 Å². The topological polar surface area (TPSA) is 79.7 Å². The van der Waals surface area contributed by atoms with Crippen molar-refractivity contribution < 1.29 is 14.3 Å². The molecule has 3 heterocycles. The van der Waals surface area contributed by atoms with Gasteiger partial charge < -0.3 is 15.0 Å². The standard InChI is InChI=1S/C21H25N5O3/c1-24-10-16(9-22-24)15-4-5-19-18(8-15)23-20(27)12-25-6-7-26(11-17(25)13-29-19)21(28)14-2-3-14/h4-5,8-10,14,17H,2-3,6-7,11-13H2,1H3,(H,23,27)/t17-/m0/s1. The summed E-state index contributed by atoms with van der Waals surface area (Å²) in [5.74, 6) is 1.06. The van der Waals surface area contributed by atoms with E-state index in [2.05, 4.69) is 15.3 Å². The first kappa shape index (κ1) is 18.2. The number of hydrogen-bond donors (Lipinski definition) is 1. The van der Waals surface area contributed by atoms with Crippen LogP contribution in [0.5, 0.6) is 5.75 Å². The van der Waals surface area contributed by atoms with Crippen molar-refractivity contribution in [1.29, 1.82) is 0 Å². The van der Waals surface area contributed by atoms with Gasteiger partial charge in [-0.15, -0.1) is 0 Å². The van der Waals surface area contributed by atoms with Crippen LogP contribution in [-0.2, 0) is 16.6 Å². The van der Waals surface area contributed by atoms with Gasteiger partial charge in [0.2, 0.25) is 11.8 Å². The highest BCUT2D eigenvalue weighted by molar-refractivity contribution is 5.94. The van der Waals surface area contributed by atoms with Gasteiger partial charge in [-0.25, -0.2) is 0 Å². The summed E-state index contributed by atoms with van der Waals surface area (Å²) in [5.41, 5.74) is 2.62. The first-order chi connectivity index (χ1) is 14.1. The van der Waals surface area contributed by atoms with Crippen molar-refractivity contribution in [2.24, 2.45) is 13.0 Å². The molecule has 8 heteroatoms. The number of nitrogens with one attached hydrogen (secondary N) is 1. The third-order valence-corrected chi connectivity index (χ3v) is 5.91. The minimum Gasteiger partial charge on any atom is -0.490 e. The molecule has 2 aliphatic heterocycles. The lowest BCUT2D eigenvalue weighted by Crippen LogP contribution is -2.58. The molecule has 0 radical (unpaired) electrons. The van der Waals surface area contributed by atoms with Gasteiger partial charge >= 0.3 is 0 Å². The molecule has 1 aromatic carbocycles. The Balaban J connectivity index is 1.37. The second kappa shape index (κ2) is 7.18. The van der Waals surface area contributed by atoms with Crippen LogP contribution in [0.15, 0.2) is 30.6 Å². The van der Waals surface area contributed by atoms with Gasteiger partial charge in [0.05, 0.1) is 24.5 Å². The Morgan fingerprint density at radius 3 is 2.86 bits per heavy atom. The molecule has 2 fully saturated rings. The van der Waals surface area contributed by atoms with Crippen LogP contribution in [-0.4, -0.2) is 70.2 Å². The SMILES string of the molecule is Cn1cc(-c2ccc3c(c2)NC(=O)CN2CCN(C(=O)C4CC4)C[C@H]2CO3)cn1. The zero-order valence-electron chi connectivity index (χ0n) is 16.5. The fourth-order valence-corrected chi connectivity index (χ4v) is 4.11. The average Bonchev–Trinajstić information content (AvgIpc) is 3.46. The summed E-state index contributed by atoms with van der Waals surface area (Å²) in [6.45, 7) is 2.73. The summed E-state index contributed by atoms with van der Waals surface area (Å²) >= 11 is 0. The van der Waals surface area contributed by atoms with E-state index >= 15 is 0 Å². The highest BCUT2D eigenvalue weighted by Gasteiger charge is 2.38. The van der Waals surface area contributed by atoms with Gasteiger partial charge in [0, 0.05) is 44.4 Å². The van der Waals surface area contributed by atoms with Crippen LogP contribution in [0.2, 0.25) is 0 Å². The van der Waals surface area contributed by atoms with Crippen molar-refractivity contribution in [2.75, 3.05) is 38.1 Å². The monoisotopic (exact) mass is 395 g/mol. The van der Waals surface area contributed by atoms with Crippen LogP contribution in [0.4, 0.5) is 5.69 Å². The number of amides is 2. The van der Waals surface area contributed by atoms with Crippen molar-refractivity contribution in [1.82, 2.24) is 19.6 Å². The number of aryl methyl sites for hydroxylation is 1. The molecule has 1 N–H and O–H groups in total. The zero-order valence-corrected chi connectivity index (χ0v) is 16.5. The predicted molar refractivity (Wildman–Crippen MR) is 107 cm³/mol. The third kappa shape index (κ3) is 3.72. The summed E-state index contributed by atoms with van der Waals surface area (Å²) in [5, 5.41) is 7.22. The Bertz CT molecular complexity index is 952. The van der Waals surface area contributed by atoms with E-state index in [9.17, 15) is 9.59 Å². The Labute approximate surface area is 169 Å². The van der Waals surface area contributed by atoms with E-state index in [0.29, 0.717) is 44.2 Å². The van der Waals surface area contributed by atoms with E-state index in [1.54, 1.807) is 10.9 Å². The quantitative estimate of drug-likeness (QED) is 0.830. The van der Waals surface area contributed by atoms with Crippen molar-refractivity contribution >= 4 is 17.5 Å². The molecule has 8 nitrogen and oxygen atoms in total. The number of carbonyl (C=O) groups excluding carboxylic acids is 2. The molecule has 0 bridgehead atoms. The Kier molecular flexibility index (Phi) is 4.50. The highest BCUT2D eigenvalue weighted by Crippen LogP contribution is 2.33. The van der Waals surface area contributed by atoms with Gasteiger partial charge in [-0.1, -0.05) is 6.07 Å². The molecular weight excluding hydrogens is 370 g/mol.